The van der Waals surface area contributed by atoms with E-state index < -0.39 is 5.41 Å². The van der Waals surface area contributed by atoms with Gasteiger partial charge in [-0.2, -0.15) is 0 Å². The Morgan fingerprint density at radius 1 is 1.00 bits per heavy atom. The van der Waals surface area contributed by atoms with Gasteiger partial charge in [0.05, 0.1) is 30.6 Å². The standard InChI is InChI=1S/C29H32N4O2/c1-29(2)21-33(20-22-9-4-3-5-10-22)27(25-12-6-7-14-30-25)24(28(29)34)19-23-11-8-13-26(31-23)32-15-17-35-18-16-32/h3-14,19,27H,15-18,20-21H2,1-2H3/b24-19-. The van der Waals surface area contributed by atoms with E-state index in [4.69, 9.17) is 9.72 Å². The van der Waals surface area contributed by atoms with Crippen LogP contribution in [0.3, 0.4) is 0 Å². The highest BCUT2D eigenvalue weighted by Crippen LogP contribution is 2.41. The number of anilines is 1. The number of rotatable bonds is 5. The molecule has 5 rings (SSSR count). The third kappa shape index (κ3) is 5.19. The molecule has 0 N–H and O–H groups in total. The zero-order valence-electron chi connectivity index (χ0n) is 20.4. The Hall–Kier alpha value is -3.35. The van der Waals surface area contributed by atoms with E-state index in [1.165, 1.54) is 5.56 Å². The van der Waals surface area contributed by atoms with Gasteiger partial charge in [-0.05, 0) is 35.9 Å². The van der Waals surface area contributed by atoms with Gasteiger partial charge in [0, 0.05) is 43.4 Å². The van der Waals surface area contributed by atoms with Gasteiger partial charge in [-0.25, -0.2) is 4.98 Å². The number of carbonyl (C=O) groups excluding carboxylic acids is 1. The van der Waals surface area contributed by atoms with Crippen molar-refractivity contribution in [2.24, 2.45) is 5.41 Å². The van der Waals surface area contributed by atoms with Crippen molar-refractivity contribution in [1.29, 1.82) is 0 Å². The highest BCUT2D eigenvalue weighted by Gasteiger charge is 2.44. The Kier molecular flexibility index (Phi) is 6.75. The smallest absolute Gasteiger partial charge is 0.167 e. The summed E-state index contributed by atoms with van der Waals surface area (Å²) in [7, 11) is 0. The minimum atomic E-state index is -0.520. The van der Waals surface area contributed by atoms with Crippen molar-refractivity contribution in [3.05, 3.63) is 95.5 Å². The number of carbonyl (C=O) groups is 1. The van der Waals surface area contributed by atoms with Gasteiger partial charge >= 0.3 is 0 Å². The van der Waals surface area contributed by atoms with Gasteiger partial charge in [-0.1, -0.05) is 56.3 Å². The molecular weight excluding hydrogens is 436 g/mol. The van der Waals surface area contributed by atoms with Crippen LogP contribution in [-0.4, -0.2) is 53.5 Å². The van der Waals surface area contributed by atoms with E-state index in [0.717, 1.165) is 42.4 Å². The number of hydrogen-bond donors (Lipinski definition) is 0. The van der Waals surface area contributed by atoms with Gasteiger partial charge in [0.15, 0.2) is 5.78 Å². The maximum atomic E-state index is 13.8. The van der Waals surface area contributed by atoms with Crippen LogP contribution in [0, 0.1) is 5.41 Å². The molecule has 6 nitrogen and oxygen atoms in total. The minimum Gasteiger partial charge on any atom is -0.378 e. The molecule has 0 saturated carbocycles. The number of pyridine rings is 2. The number of hydrogen-bond acceptors (Lipinski definition) is 6. The van der Waals surface area contributed by atoms with Crippen LogP contribution in [0.25, 0.3) is 6.08 Å². The molecule has 2 aliphatic rings. The molecule has 180 valence electrons. The number of ketones is 1. The number of ether oxygens (including phenoxy) is 1. The van der Waals surface area contributed by atoms with Crippen molar-refractivity contribution in [1.82, 2.24) is 14.9 Å². The summed E-state index contributed by atoms with van der Waals surface area (Å²) in [4.78, 5) is 28.0. The summed E-state index contributed by atoms with van der Waals surface area (Å²) in [6, 6.07) is 22.1. The van der Waals surface area contributed by atoms with Crippen LogP contribution in [0.5, 0.6) is 0 Å². The molecule has 2 aliphatic heterocycles. The first-order valence-electron chi connectivity index (χ1n) is 12.3. The molecule has 35 heavy (non-hydrogen) atoms. The summed E-state index contributed by atoms with van der Waals surface area (Å²) >= 11 is 0. The summed E-state index contributed by atoms with van der Waals surface area (Å²) < 4.78 is 5.50. The first kappa shape index (κ1) is 23.4. The van der Waals surface area contributed by atoms with Crippen molar-refractivity contribution in [3.63, 3.8) is 0 Å². The second-order valence-electron chi connectivity index (χ2n) is 9.88. The first-order valence-corrected chi connectivity index (χ1v) is 12.3. The van der Waals surface area contributed by atoms with E-state index in [1.807, 2.05) is 62.4 Å². The largest absolute Gasteiger partial charge is 0.378 e. The third-order valence-electron chi connectivity index (χ3n) is 6.73. The van der Waals surface area contributed by atoms with Crippen LogP contribution in [0.15, 0.2) is 78.5 Å². The molecule has 6 heteroatoms. The average Bonchev–Trinajstić information content (AvgIpc) is 2.89. The molecule has 2 fully saturated rings. The second-order valence-corrected chi connectivity index (χ2v) is 9.88. The minimum absolute atomic E-state index is 0.149. The molecule has 0 bridgehead atoms. The van der Waals surface area contributed by atoms with Crippen LogP contribution in [0.2, 0.25) is 0 Å². The van der Waals surface area contributed by atoms with Crippen LogP contribution in [0.1, 0.15) is 36.8 Å². The van der Waals surface area contributed by atoms with E-state index in [-0.39, 0.29) is 11.8 Å². The Morgan fingerprint density at radius 2 is 1.77 bits per heavy atom. The lowest BCUT2D eigenvalue weighted by Crippen LogP contribution is -2.49. The zero-order valence-corrected chi connectivity index (χ0v) is 20.4. The second kappa shape index (κ2) is 10.1. The van der Waals surface area contributed by atoms with E-state index in [1.54, 1.807) is 6.20 Å². The number of Topliss-reactive ketones (excluding diaryl/α,β-unsaturated/α-hetero) is 1. The van der Waals surface area contributed by atoms with E-state index in [9.17, 15) is 4.79 Å². The van der Waals surface area contributed by atoms with Gasteiger partial charge in [-0.15, -0.1) is 0 Å². The Morgan fingerprint density at radius 3 is 2.51 bits per heavy atom. The number of morpholine rings is 1. The molecule has 1 atom stereocenters. The van der Waals surface area contributed by atoms with Crippen LogP contribution < -0.4 is 4.90 Å². The van der Waals surface area contributed by atoms with E-state index in [0.29, 0.717) is 19.8 Å². The van der Waals surface area contributed by atoms with Gasteiger partial charge in [0.2, 0.25) is 0 Å². The Balaban J connectivity index is 1.57. The van der Waals surface area contributed by atoms with Crippen LogP contribution in [-0.2, 0) is 16.1 Å². The lowest BCUT2D eigenvalue weighted by Gasteiger charge is -2.44. The molecule has 1 unspecified atom stereocenters. The van der Waals surface area contributed by atoms with Crippen molar-refractivity contribution in [2.45, 2.75) is 26.4 Å². The summed E-state index contributed by atoms with van der Waals surface area (Å²) in [6.45, 7) is 8.51. The Bertz CT molecular complexity index is 1190. The number of nitrogens with zero attached hydrogens (tertiary/aromatic N) is 4. The molecular formula is C29H32N4O2. The molecule has 0 spiro atoms. The van der Waals surface area contributed by atoms with Gasteiger partial charge in [-0.3, -0.25) is 14.7 Å². The number of piperidine rings is 1. The van der Waals surface area contributed by atoms with Gasteiger partial charge in [0.1, 0.15) is 5.82 Å². The summed E-state index contributed by atoms with van der Waals surface area (Å²) in [6.07, 6.45) is 3.78. The topological polar surface area (TPSA) is 58.6 Å². The fraction of sp³-hybridized carbons (Fsp3) is 0.345. The van der Waals surface area contributed by atoms with Crippen molar-refractivity contribution < 1.29 is 9.53 Å². The van der Waals surface area contributed by atoms with Crippen molar-refractivity contribution in [2.75, 3.05) is 37.7 Å². The van der Waals surface area contributed by atoms with Crippen molar-refractivity contribution >= 4 is 17.7 Å². The Labute approximate surface area is 207 Å². The summed E-state index contributed by atoms with van der Waals surface area (Å²) in [5, 5.41) is 0. The number of benzene rings is 1. The molecule has 1 aromatic carbocycles. The highest BCUT2D eigenvalue weighted by molar-refractivity contribution is 6.05. The SMILES string of the molecule is CC1(C)CN(Cc2ccccc2)C(c2ccccn2)/C(=C/c2cccc(N3CCOCC3)n2)C1=O. The summed E-state index contributed by atoms with van der Waals surface area (Å²) in [5.74, 6) is 1.07. The molecule has 0 amide bonds. The van der Waals surface area contributed by atoms with E-state index >= 15 is 0 Å². The molecule has 3 aromatic rings. The fourth-order valence-corrected chi connectivity index (χ4v) is 5.02. The maximum absolute atomic E-state index is 13.8. The molecule has 2 aromatic heterocycles. The van der Waals surface area contributed by atoms with Gasteiger partial charge < -0.3 is 9.64 Å². The van der Waals surface area contributed by atoms with E-state index in [2.05, 4.69) is 39.0 Å². The fourth-order valence-electron chi connectivity index (χ4n) is 5.02. The molecule has 0 radical (unpaired) electrons. The number of likely N-dealkylation sites (tertiary alicyclic amines) is 1. The predicted molar refractivity (Wildman–Crippen MR) is 138 cm³/mol. The molecule has 0 aliphatic carbocycles. The lowest BCUT2D eigenvalue weighted by atomic mass is 9.75. The normalized spacial score (nSPS) is 21.9. The zero-order chi connectivity index (χ0) is 24.3. The first-order chi connectivity index (χ1) is 17.0. The molecule has 4 heterocycles. The predicted octanol–water partition coefficient (Wildman–Crippen LogP) is 4.55. The molecule has 2 saturated heterocycles. The van der Waals surface area contributed by atoms with Gasteiger partial charge in [0.25, 0.3) is 0 Å². The van der Waals surface area contributed by atoms with Crippen LogP contribution in [0.4, 0.5) is 5.82 Å². The lowest BCUT2D eigenvalue weighted by molar-refractivity contribution is -0.128. The number of aromatic nitrogens is 2. The third-order valence-corrected chi connectivity index (χ3v) is 6.73. The maximum Gasteiger partial charge on any atom is 0.167 e. The monoisotopic (exact) mass is 468 g/mol. The van der Waals surface area contributed by atoms with Crippen molar-refractivity contribution in [3.8, 4) is 0 Å². The average molecular weight is 469 g/mol. The van der Waals surface area contributed by atoms with Crippen LogP contribution >= 0.6 is 0 Å². The quantitative estimate of drug-likeness (QED) is 0.512. The highest BCUT2D eigenvalue weighted by atomic mass is 16.5. The summed E-state index contributed by atoms with van der Waals surface area (Å²) in [5.41, 5.74) is 3.10.